The number of carbonyl (C=O) groups excluding carboxylic acids is 2. The smallest absolute Gasteiger partial charge is 0.326 e. The van der Waals surface area contributed by atoms with Crippen molar-refractivity contribution in [3.63, 3.8) is 0 Å². The summed E-state index contributed by atoms with van der Waals surface area (Å²) in [5, 5.41) is 7.49. The van der Waals surface area contributed by atoms with Gasteiger partial charge in [0, 0.05) is 54.9 Å². The van der Waals surface area contributed by atoms with Gasteiger partial charge in [-0.2, -0.15) is 0 Å². The monoisotopic (exact) mass is 627 g/mol. The fourth-order valence-electron chi connectivity index (χ4n) is 5.70. The summed E-state index contributed by atoms with van der Waals surface area (Å²) in [6, 6.07) is 16.9. The number of rotatable bonds is 7. The van der Waals surface area contributed by atoms with Gasteiger partial charge in [0.25, 0.3) is 0 Å². The number of nitrogens with zero attached hydrogens (tertiary/aromatic N) is 3. The number of hydrogen-bond donors (Lipinski definition) is 2. The van der Waals surface area contributed by atoms with E-state index in [9.17, 15) is 9.59 Å². The molecular formula is C32H36Cl3N5O2. The number of anilines is 2. The third-order valence-electron chi connectivity index (χ3n) is 8.09. The zero-order valence-electron chi connectivity index (χ0n) is 24.3. The average Bonchev–Trinajstić information content (AvgIpc) is 2.93. The number of fused-ring (bicyclic) bond motifs is 1. The fraction of sp³-hybridized carbons (Fsp3) is 0.375. The van der Waals surface area contributed by atoms with Crippen LogP contribution in [0.5, 0.6) is 0 Å². The third-order valence-corrected chi connectivity index (χ3v) is 9.03. The molecule has 1 fully saturated rings. The lowest BCUT2D eigenvalue weighted by Crippen LogP contribution is -2.52. The highest BCUT2D eigenvalue weighted by Crippen LogP contribution is 2.45. The van der Waals surface area contributed by atoms with Crippen LogP contribution in [0.2, 0.25) is 15.1 Å². The molecule has 3 aromatic carbocycles. The molecule has 7 nitrogen and oxygen atoms in total. The summed E-state index contributed by atoms with van der Waals surface area (Å²) in [4.78, 5) is 32.9. The molecular weight excluding hydrogens is 593 g/mol. The Morgan fingerprint density at radius 3 is 2.21 bits per heavy atom. The van der Waals surface area contributed by atoms with Gasteiger partial charge in [-0.1, -0.05) is 59.1 Å². The van der Waals surface area contributed by atoms with E-state index in [1.165, 1.54) is 4.90 Å². The minimum absolute atomic E-state index is 0.0567. The second kappa shape index (κ2) is 12.4. The zero-order valence-corrected chi connectivity index (χ0v) is 26.6. The average molecular weight is 629 g/mol. The Hall–Kier alpha value is -2.81. The van der Waals surface area contributed by atoms with Gasteiger partial charge in [0.1, 0.15) is 0 Å². The van der Waals surface area contributed by atoms with Crippen molar-refractivity contribution in [3.8, 4) is 11.1 Å². The van der Waals surface area contributed by atoms with Crippen molar-refractivity contribution in [1.29, 1.82) is 0 Å². The number of nitrogens with one attached hydrogen (secondary N) is 2. The summed E-state index contributed by atoms with van der Waals surface area (Å²) < 4.78 is 0. The number of hydrogen-bond acceptors (Lipinski definition) is 4. The van der Waals surface area contributed by atoms with Crippen LogP contribution in [0.3, 0.4) is 0 Å². The summed E-state index contributed by atoms with van der Waals surface area (Å²) in [7, 11) is 0. The number of carbonyl (C=O) groups is 2. The van der Waals surface area contributed by atoms with Crippen molar-refractivity contribution >= 4 is 58.1 Å². The summed E-state index contributed by atoms with van der Waals surface area (Å²) in [5.74, 6) is -0.0567. The van der Waals surface area contributed by atoms with Gasteiger partial charge >= 0.3 is 6.03 Å². The van der Waals surface area contributed by atoms with Crippen LogP contribution in [-0.4, -0.2) is 60.5 Å². The second-order valence-corrected chi connectivity index (χ2v) is 12.9. The molecule has 42 heavy (non-hydrogen) atoms. The Kier molecular flexibility index (Phi) is 9.07. The molecule has 2 heterocycles. The highest BCUT2D eigenvalue weighted by Gasteiger charge is 2.34. The van der Waals surface area contributed by atoms with Crippen molar-refractivity contribution in [3.05, 3.63) is 80.8 Å². The van der Waals surface area contributed by atoms with Gasteiger partial charge in [-0.3, -0.25) is 19.5 Å². The van der Waals surface area contributed by atoms with Gasteiger partial charge in [0.15, 0.2) is 0 Å². The molecule has 3 aromatic rings. The standard InChI is InChI=1S/C32H36Cl3N5O2/c1-20(2)39-14-12-38(13-15-39)19-29(41)37-32(3,4)21-16-23(22-8-5-6-9-25(22)33)24-18-36-31(42)40(28(24)17-21)30-26(34)10-7-11-27(30)35/h5-11,16-17,20H,12-15,18-19H2,1-4H3,(H,36,42)(H,37,41). The summed E-state index contributed by atoms with van der Waals surface area (Å²) in [6.45, 7) is 12.5. The van der Waals surface area contributed by atoms with Crippen molar-refractivity contribution in [2.45, 2.75) is 45.8 Å². The molecule has 2 N–H and O–H groups in total. The largest absolute Gasteiger partial charge is 0.346 e. The number of urea groups is 1. The Balaban J connectivity index is 1.54. The van der Waals surface area contributed by atoms with E-state index in [1.807, 2.05) is 50.2 Å². The third kappa shape index (κ3) is 6.26. The van der Waals surface area contributed by atoms with E-state index >= 15 is 0 Å². The zero-order chi connectivity index (χ0) is 30.2. The van der Waals surface area contributed by atoms with Crippen LogP contribution in [0.15, 0.2) is 54.6 Å². The summed E-state index contributed by atoms with van der Waals surface area (Å²) in [6.07, 6.45) is 0. The fourth-order valence-corrected chi connectivity index (χ4v) is 6.51. The minimum atomic E-state index is -0.772. The van der Waals surface area contributed by atoms with Crippen LogP contribution in [0.4, 0.5) is 16.2 Å². The van der Waals surface area contributed by atoms with E-state index < -0.39 is 5.54 Å². The van der Waals surface area contributed by atoms with E-state index in [2.05, 4.69) is 34.3 Å². The van der Waals surface area contributed by atoms with Crippen LogP contribution in [0.25, 0.3) is 11.1 Å². The van der Waals surface area contributed by atoms with E-state index in [0.717, 1.165) is 48.4 Å². The Bertz CT molecular complexity index is 1480. The van der Waals surface area contributed by atoms with Crippen LogP contribution in [0.1, 0.15) is 38.8 Å². The van der Waals surface area contributed by atoms with Gasteiger partial charge in [0.2, 0.25) is 5.91 Å². The van der Waals surface area contributed by atoms with Crippen LogP contribution in [-0.2, 0) is 16.9 Å². The Morgan fingerprint density at radius 1 is 0.929 bits per heavy atom. The second-order valence-electron chi connectivity index (χ2n) is 11.6. The molecule has 2 aliphatic rings. The minimum Gasteiger partial charge on any atom is -0.346 e. The Morgan fingerprint density at radius 2 is 1.57 bits per heavy atom. The molecule has 0 aliphatic carbocycles. The van der Waals surface area contributed by atoms with Crippen molar-refractivity contribution in [2.75, 3.05) is 37.6 Å². The summed E-state index contributed by atoms with van der Waals surface area (Å²) in [5.41, 5.74) is 3.62. The number of halogens is 3. The maximum Gasteiger partial charge on any atom is 0.326 e. The molecule has 0 unspecified atom stereocenters. The molecule has 0 radical (unpaired) electrons. The van der Waals surface area contributed by atoms with Gasteiger partial charge in [-0.15, -0.1) is 0 Å². The predicted molar refractivity (Wildman–Crippen MR) is 172 cm³/mol. The van der Waals surface area contributed by atoms with Gasteiger partial charge in [-0.25, -0.2) is 4.79 Å². The maximum absolute atomic E-state index is 13.4. The lowest BCUT2D eigenvalue weighted by molar-refractivity contribution is -0.124. The molecule has 5 rings (SSSR count). The number of piperazine rings is 1. The van der Waals surface area contributed by atoms with E-state index in [1.54, 1.807) is 18.2 Å². The molecule has 0 bridgehead atoms. The van der Waals surface area contributed by atoms with E-state index in [0.29, 0.717) is 45.6 Å². The quantitative estimate of drug-likeness (QED) is 0.294. The van der Waals surface area contributed by atoms with Gasteiger partial charge in [0.05, 0.1) is 33.5 Å². The van der Waals surface area contributed by atoms with Gasteiger partial charge < -0.3 is 10.6 Å². The van der Waals surface area contributed by atoms with Crippen molar-refractivity contribution in [2.24, 2.45) is 0 Å². The first-order chi connectivity index (χ1) is 20.0. The molecule has 0 atom stereocenters. The molecule has 10 heteroatoms. The first-order valence-corrected chi connectivity index (χ1v) is 15.3. The summed E-state index contributed by atoms with van der Waals surface area (Å²) >= 11 is 19.9. The molecule has 0 aromatic heterocycles. The predicted octanol–water partition coefficient (Wildman–Crippen LogP) is 7.05. The molecule has 0 saturated carbocycles. The molecule has 1 saturated heterocycles. The number of para-hydroxylation sites is 1. The maximum atomic E-state index is 13.4. The van der Waals surface area contributed by atoms with E-state index in [4.69, 9.17) is 34.8 Å². The molecule has 3 amide bonds. The lowest BCUT2D eigenvalue weighted by atomic mass is 9.86. The Labute approximate surface area is 262 Å². The van der Waals surface area contributed by atoms with Crippen LogP contribution in [0, 0.1) is 0 Å². The number of amides is 3. The van der Waals surface area contributed by atoms with Crippen LogP contribution >= 0.6 is 34.8 Å². The van der Waals surface area contributed by atoms with Crippen molar-refractivity contribution in [1.82, 2.24) is 20.4 Å². The lowest BCUT2D eigenvalue weighted by Gasteiger charge is -2.37. The van der Waals surface area contributed by atoms with E-state index in [-0.39, 0.29) is 11.9 Å². The highest BCUT2D eigenvalue weighted by atomic mass is 35.5. The molecule has 0 spiro atoms. The van der Waals surface area contributed by atoms with Crippen LogP contribution < -0.4 is 15.5 Å². The topological polar surface area (TPSA) is 67.9 Å². The normalized spacial score (nSPS) is 16.4. The molecule has 2 aliphatic heterocycles. The number of benzene rings is 3. The van der Waals surface area contributed by atoms with Crippen molar-refractivity contribution < 1.29 is 9.59 Å². The molecule has 222 valence electrons. The van der Waals surface area contributed by atoms with Gasteiger partial charge in [-0.05, 0) is 69.2 Å². The SMILES string of the molecule is CC(C)N1CCN(CC(=O)NC(C)(C)c2cc(-c3ccccc3Cl)c3c(c2)N(c2c(Cl)cccc2Cl)C(=O)NC3)CC1. The first kappa shape index (κ1) is 30.6. The highest BCUT2D eigenvalue weighted by molar-refractivity contribution is 6.40. The first-order valence-electron chi connectivity index (χ1n) is 14.2.